The van der Waals surface area contributed by atoms with Crippen LogP contribution in [-0.4, -0.2) is 46.8 Å². The summed E-state index contributed by atoms with van der Waals surface area (Å²) < 4.78 is 1.85. The number of likely N-dealkylation sites (tertiary alicyclic amines) is 1. The summed E-state index contributed by atoms with van der Waals surface area (Å²) in [5, 5.41) is 4.43. The number of amides is 1. The van der Waals surface area contributed by atoms with Crippen LogP contribution in [-0.2, 0) is 0 Å². The predicted molar refractivity (Wildman–Crippen MR) is 94.2 cm³/mol. The van der Waals surface area contributed by atoms with Gasteiger partial charge in [-0.3, -0.25) is 9.48 Å². The maximum Gasteiger partial charge on any atom is 0.274 e. The van der Waals surface area contributed by atoms with Crippen LogP contribution in [0.15, 0.2) is 42.6 Å². The monoisotopic (exact) mass is 324 g/mol. The van der Waals surface area contributed by atoms with E-state index in [1.807, 2.05) is 21.8 Å². The Bertz CT molecular complexity index is 710. The highest BCUT2D eigenvalue weighted by atomic mass is 16.2. The fourth-order valence-corrected chi connectivity index (χ4v) is 3.91. The first-order valence-corrected chi connectivity index (χ1v) is 8.76. The first kappa shape index (κ1) is 15.2. The van der Waals surface area contributed by atoms with E-state index in [2.05, 4.69) is 54.2 Å². The molecule has 0 spiro atoms. The summed E-state index contributed by atoms with van der Waals surface area (Å²) in [6, 6.07) is 12.7. The van der Waals surface area contributed by atoms with E-state index in [1.54, 1.807) is 0 Å². The van der Waals surface area contributed by atoms with Gasteiger partial charge in [0, 0.05) is 55.9 Å². The van der Waals surface area contributed by atoms with Crippen LogP contribution in [0, 0.1) is 11.8 Å². The van der Waals surface area contributed by atoms with Gasteiger partial charge in [-0.25, -0.2) is 0 Å². The van der Waals surface area contributed by atoms with E-state index < -0.39 is 0 Å². The van der Waals surface area contributed by atoms with E-state index >= 15 is 0 Å². The molecule has 5 heteroatoms. The third-order valence-electron chi connectivity index (χ3n) is 5.25. The van der Waals surface area contributed by atoms with Gasteiger partial charge in [-0.2, -0.15) is 5.10 Å². The Kier molecular flexibility index (Phi) is 3.79. The van der Waals surface area contributed by atoms with Crippen molar-refractivity contribution in [3.05, 3.63) is 48.3 Å². The van der Waals surface area contributed by atoms with Crippen molar-refractivity contribution >= 4 is 11.6 Å². The zero-order chi connectivity index (χ0) is 16.7. The van der Waals surface area contributed by atoms with Crippen molar-refractivity contribution in [3.63, 3.8) is 0 Å². The Hall–Kier alpha value is -2.30. The van der Waals surface area contributed by atoms with E-state index in [1.165, 1.54) is 5.69 Å². The molecule has 0 saturated carbocycles. The van der Waals surface area contributed by atoms with Crippen molar-refractivity contribution in [2.75, 3.05) is 31.1 Å². The van der Waals surface area contributed by atoms with E-state index in [9.17, 15) is 4.79 Å². The number of hydrogen-bond donors (Lipinski definition) is 0. The number of carbonyl (C=O) groups is 1. The summed E-state index contributed by atoms with van der Waals surface area (Å²) in [4.78, 5) is 17.1. The molecule has 5 nitrogen and oxygen atoms in total. The molecule has 2 aliphatic rings. The van der Waals surface area contributed by atoms with Crippen LogP contribution in [0.4, 0.5) is 5.69 Å². The maximum absolute atomic E-state index is 12.7. The molecule has 2 atom stereocenters. The van der Waals surface area contributed by atoms with E-state index in [-0.39, 0.29) is 11.9 Å². The number of aromatic nitrogens is 2. The molecule has 0 N–H and O–H groups in total. The highest BCUT2D eigenvalue weighted by Gasteiger charge is 2.42. The third kappa shape index (κ3) is 2.68. The molecule has 0 radical (unpaired) electrons. The van der Waals surface area contributed by atoms with E-state index in [0.717, 1.165) is 26.2 Å². The van der Waals surface area contributed by atoms with Crippen LogP contribution < -0.4 is 4.90 Å². The van der Waals surface area contributed by atoms with Crippen LogP contribution in [0.3, 0.4) is 0 Å². The number of anilines is 1. The first-order valence-electron chi connectivity index (χ1n) is 8.76. The lowest BCUT2D eigenvalue weighted by molar-refractivity contribution is 0.0775. The minimum Gasteiger partial charge on any atom is -0.371 e. The lowest BCUT2D eigenvalue weighted by Gasteiger charge is -2.22. The minimum atomic E-state index is 0.0788. The van der Waals surface area contributed by atoms with Crippen molar-refractivity contribution in [2.24, 2.45) is 11.8 Å². The van der Waals surface area contributed by atoms with E-state index in [4.69, 9.17) is 0 Å². The van der Waals surface area contributed by atoms with Gasteiger partial charge in [-0.15, -0.1) is 0 Å². The smallest absolute Gasteiger partial charge is 0.274 e. The number of para-hydroxylation sites is 1. The second-order valence-electron chi connectivity index (χ2n) is 7.25. The van der Waals surface area contributed by atoms with Crippen LogP contribution in [0.2, 0.25) is 0 Å². The number of hydrogen-bond acceptors (Lipinski definition) is 3. The van der Waals surface area contributed by atoms with Gasteiger partial charge < -0.3 is 9.80 Å². The van der Waals surface area contributed by atoms with Gasteiger partial charge in [-0.05, 0) is 32.0 Å². The Balaban J connectivity index is 1.41. The van der Waals surface area contributed by atoms with Crippen molar-refractivity contribution in [2.45, 2.75) is 19.9 Å². The van der Waals surface area contributed by atoms with Gasteiger partial charge in [0.15, 0.2) is 0 Å². The molecule has 2 saturated heterocycles. The molecular weight excluding hydrogens is 300 g/mol. The largest absolute Gasteiger partial charge is 0.371 e. The molecule has 0 bridgehead atoms. The minimum absolute atomic E-state index is 0.0788. The lowest BCUT2D eigenvalue weighted by Crippen LogP contribution is -2.33. The number of nitrogens with zero attached hydrogens (tertiary/aromatic N) is 4. The molecule has 126 valence electrons. The van der Waals surface area contributed by atoms with Gasteiger partial charge in [-0.1, -0.05) is 18.2 Å². The SMILES string of the molecule is CC(C)n1ccc(C(=O)N2CC3CN(c4ccccc4)CC3C2)n1. The van der Waals surface area contributed by atoms with Gasteiger partial charge in [0.1, 0.15) is 5.69 Å². The molecule has 2 aromatic rings. The second-order valence-corrected chi connectivity index (χ2v) is 7.25. The molecule has 1 amide bonds. The summed E-state index contributed by atoms with van der Waals surface area (Å²) >= 11 is 0. The Labute approximate surface area is 142 Å². The third-order valence-corrected chi connectivity index (χ3v) is 5.25. The standard InChI is InChI=1S/C19H24N4O/c1-14(2)23-9-8-18(20-23)19(24)22-12-15-10-21(11-16(15)13-22)17-6-4-3-5-7-17/h3-9,14-16H,10-13H2,1-2H3. The summed E-state index contributed by atoms with van der Waals surface area (Å²) in [6.45, 7) is 7.92. The van der Waals surface area contributed by atoms with Crippen molar-refractivity contribution in [1.82, 2.24) is 14.7 Å². The lowest BCUT2D eigenvalue weighted by atomic mass is 10.0. The number of benzene rings is 1. The zero-order valence-electron chi connectivity index (χ0n) is 14.3. The first-order chi connectivity index (χ1) is 11.6. The average molecular weight is 324 g/mol. The Morgan fingerprint density at radius 2 is 1.71 bits per heavy atom. The fourth-order valence-electron chi connectivity index (χ4n) is 3.91. The van der Waals surface area contributed by atoms with Gasteiger partial charge >= 0.3 is 0 Å². The highest BCUT2D eigenvalue weighted by Crippen LogP contribution is 2.34. The predicted octanol–water partition coefficient (Wildman–Crippen LogP) is 2.67. The molecule has 1 aromatic carbocycles. The summed E-state index contributed by atoms with van der Waals surface area (Å²) in [5.74, 6) is 1.22. The van der Waals surface area contributed by atoms with Crippen molar-refractivity contribution < 1.29 is 4.79 Å². The van der Waals surface area contributed by atoms with Gasteiger partial charge in [0.05, 0.1) is 0 Å². The Morgan fingerprint density at radius 1 is 1.04 bits per heavy atom. The Morgan fingerprint density at radius 3 is 2.29 bits per heavy atom. The summed E-state index contributed by atoms with van der Waals surface area (Å²) in [7, 11) is 0. The molecule has 0 aliphatic carbocycles. The highest BCUT2D eigenvalue weighted by molar-refractivity contribution is 5.92. The number of rotatable bonds is 3. The molecule has 1 aromatic heterocycles. The topological polar surface area (TPSA) is 41.4 Å². The quantitative estimate of drug-likeness (QED) is 0.872. The van der Waals surface area contributed by atoms with Crippen molar-refractivity contribution in [1.29, 1.82) is 0 Å². The maximum atomic E-state index is 12.7. The zero-order valence-corrected chi connectivity index (χ0v) is 14.3. The molecule has 2 unspecified atom stereocenters. The van der Waals surface area contributed by atoms with Crippen LogP contribution >= 0.6 is 0 Å². The van der Waals surface area contributed by atoms with Gasteiger partial charge in [0.25, 0.3) is 5.91 Å². The van der Waals surface area contributed by atoms with E-state index in [0.29, 0.717) is 17.5 Å². The molecule has 24 heavy (non-hydrogen) atoms. The number of carbonyl (C=O) groups excluding carboxylic acids is 1. The number of fused-ring (bicyclic) bond motifs is 1. The van der Waals surface area contributed by atoms with Crippen LogP contribution in [0.1, 0.15) is 30.4 Å². The molecular formula is C19H24N4O. The van der Waals surface area contributed by atoms with Crippen molar-refractivity contribution in [3.8, 4) is 0 Å². The second kappa shape index (κ2) is 5.96. The molecule has 3 heterocycles. The molecule has 4 rings (SSSR count). The van der Waals surface area contributed by atoms with Crippen LogP contribution in [0.5, 0.6) is 0 Å². The van der Waals surface area contributed by atoms with Gasteiger partial charge in [0.2, 0.25) is 0 Å². The fraction of sp³-hybridized carbons (Fsp3) is 0.474. The normalized spacial score (nSPS) is 23.1. The molecule has 2 aliphatic heterocycles. The average Bonchev–Trinajstić information content (AvgIpc) is 3.29. The summed E-state index contributed by atoms with van der Waals surface area (Å²) in [6.07, 6.45) is 1.89. The molecule has 2 fully saturated rings. The summed E-state index contributed by atoms with van der Waals surface area (Å²) in [5.41, 5.74) is 1.86. The van der Waals surface area contributed by atoms with Crippen LogP contribution in [0.25, 0.3) is 0 Å².